The third-order valence-electron chi connectivity index (χ3n) is 5.77. The number of thioether (sulfide) groups is 2. The van der Waals surface area contributed by atoms with Gasteiger partial charge in [0.1, 0.15) is 12.7 Å². The SMILES string of the molecule is CSCCN(C(C)=O)c1nc(SCCC(F)(F)F)nc2c1ncn2C1O[C@H](COC(C)=O)[C@@H](OC(C)=O)[C@H]1OC(C)=O. The van der Waals surface area contributed by atoms with Gasteiger partial charge in [-0.15, -0.1) is 0 Å². The lowest BCUT2D eigenvalue weighted by Gasteiger charge is -2.24. The lowest BCUT2D eigenvalue weighted by atomic mass is 10.1. The van der Waals surface area contributed by atoms with Gasteiger partial charge < -0.3 is 18.9 Å². The molecule has 232 valence electrons. The molecule has 3 heterocycles. The molecule has 0 aromatic carbocycles. The Morgan fingerprint density at radius 1 is 1.02 bits per heavy atom. The highest BCUT2D eigenvalue weighted by Gasteiger charge is 2.51. The normalized spacial score (nSPS) is 20.4. The van der Waals surface area contributed by atoms with Crippen molar-refractivity contribution in [2.75, 3.05) is 35.8 Å². The van der Waals surface area contributed by atoms with Gasteiger partial charge in [-0.05, 0) is 6.26 Å². The quantitative estimate of drug-likeness (QED) is 0.145. The standard InChI is InChI=1S/C24H30F3N5O8S2/c1-12(33)31(7-9-41-5)20-17-21(30-23(29-20)42-8-6-24(25,26)27)32(11-28-17)22-19(39-15(4)36)18(38-14(3)35)16(40-22)10-37-13(2)34/h11,16,18-19,22H,6-10H2,1-5H3/t16-,18-,19-,22?/m1/s1. The molecule has 0 aliphatic carbocycles. The monoisotopic (exact) mass is 637 g/mol. The van der Waals surface area contributed by atoms with Gasteiger partial charge in [0.2, 0.25) is 5.91 Å². The fraction of sp³-hybridized carbons (Fsp3) is 0.625. The number of ether oxygens (including phenoxy) is 4. The molecule has 0 N–H and O–H groups in total. The number of aromatic nitrogens is 4. The molecule has 18 heteroatoms. The Bertz CT molecular complexity index is 1310. The lowest BCUT2D eigenvalue weighted by Crippen LogP contribution is -2.40. The molecule has 0 spiro atoms. The molecule has 3 rings (SSSR count). The predicted octanol–water partition coefficient (Wildman–Crippen LogP) is 2.91. The van der Waals surface area contributed by atoms with Crippen molar-refractivity contribution in [3.8, 4) is 0 Å². The van der Waals surface area contributed by atoms with Gasteiger partial charge in [0.15, 0.2) is 40.6 Å². The first kappa shape index (κ1) is 33.4. The van der Waals surface area contributed by atoms with Crippen LogP contribution in [0.25, 0.3) is 11.2 Å². The van der Waals surface area contributed by atoms with Gasteiger partial charge in [-0.2, -0.15) is 24.9 Å². The van der Waals surface area contributed by atoms with Crippen molar-refractivity contribution in [3.05, 3.63) is 6.33 Å². The summed E-state index contributed by atoms with van der Waals surface area (Å²) < 4.78 is 61.9. The molecule has 42 heavy (non-hydrogen) atoms. The smallest absolute Gasteiger partial charge is 0.389 e. The van der Waals surface area contributed by atoms with E-state index < -0.39 is 55.0 Å². The number of imidazole rings is 1. The molecule has 1 unspecified atom stereocenters. The molecule has 1 fully saturated rings. The molecule has 0 saturated carbocycles. The molecular weight excluding hydrogens is 607 g/mol. The Kier molecular flexibility index (Phi) is 11.4. The first-order valence-corrected chi connectivity index (χ1v) is 14.9. The van der Waals surface area contributed by atoms with Crippen LogP contribution in [0.4, 0.5) is 19.0 Å². The Balaban J connectivity index is 2.15. The number of carbonyl (C=O) groups is 4. The first-order chi connectivity index (χ1) is 19.7. The van der Waals surface area contributed by atoms with Crippen LogP contribution < -0.4 is 4.90 Å². The number of amides is 1. The zero-order valence-electron chi connectivity index (χ0n) is 23.4. The van der Waals surface area contributed by atoms with Crippen LogP contribution in [0.2, 0.25) is 0 Å². The third-order valence-corrected chi connectivity index (χ3v) is 7.21. The third kappa shape index (κ3) is 8.70. The summed E-state index contributed by atoms with van der Waals surface area (Å²) in [5, 5.41) is -0.0612. The van der Waals surface area contributed by atoms with Gasteiger partial charge in [-0.3, -0.25) is 28.6 Å². The average molecular weight is 638 g/mol. The van der Waals surface area contributed by atoms with E-state index in [0.717, 1.165) is 25.6 Å². The molecule has 2 aromatic heterocycles. The van der Waals surface area contributed by atoms with Gasteiger partial charge in [0.05, 0.1) is 12.7 Å². The van der Waals surface area contributed by atoms with Gasteiger partial charge >= 0.3 is 24.1 Å². The maximum absolute atomic E-state index is 12.9. The number of rotatable bonds is 12. The molecule has 0 bridgehead atoms. The highest BCUT2D eigenvalue weighted by molar-refractivity contribution is 7.99. The number of nitrogens with zero attached hydrogens (tertiary/aromatic N) is 5. The van der Waals surface area contributed by atoms with Gasteiger partial charge in [0.25, 0.3) is 0 Å². The summed E-state index contributed by atoms with van der Waals surface area (Å²) in [5.74, 6) is -2.24. The van der Waals surface area contributed by atoms with Crippen molar-refractivity contribution in [1.29, 1.82) is 0 Å². The second-order valence-electron chi connectivity index (χ2n) is 9.05. The van der Waals surface area contributed by atoms with Crippen LogP contribution in [0.15, 0.2) is 11.5 Å². The minimum Gasteiger partial charge on any atom is -0.463 e. The number of alkyl halides is 3. The van der Waals surface area contributed by atoms with Crippen LogP contribution >= 0.6 is 23.5 Å². The van der Waals surface area contributed by atoms with E-state index >= 15 is 0 Å². The Morgan fingerprint density at radius 2 is 1.69 bits per heavy atom. The molecular formula is C24H30F3N5O8S2. The van der Waals surface area contributed by atoms with Crippen molar-refractivity contribution < 1.29 is 51.3 Å². The summed E-state index contributed by atoms with van der Waals surface area (Å²) >= 11 is 2.21. The summed E-state index contributed by atoms with van der Waals surface area (Å²) in [5.41, 5.74) is 0.186. The molecule has 13 nitrogen and oxygen atoms in total. The predicted molar refractivity (Wildman–Crippen MR) is 145 cm³/mol. The van der Waals surface area contributed by atoms with Crippen molar-refractivity contribution in [1.82, 2.24) is 19.5 Å². The topological polar surface area (TPSA) is 152 Å². The van der Waals surface area contributed by atoms with E-state index in [1.54, 1.807) is 0 Å². The highest BCUT2D eigenvalue weighted by Crippen LogP contribution is 2.38. The van der Waals surface area contributed by atoms with E-state index in [2.05, 4.69) is 15.0 Å². The average Bonchev–Trinajstić information content (AvgIpc) is 3.42. The van der Waals surface area contributed by atoms with Crippen LogP contribution in [0.1, 0.15) is 40.3 Å². The molecule has 1 saturated heterocycles. The summed E-state index contributed by atoms with van der Waals surface area (Å²) in [6.07, 6.45) is -7.13. The Hall–Kier alpha value is -3.12. The number of halogens is 3. The molecule has 1 amide bonds. The van der Waals surface area contributed by atoms with E-state index in [0.29, 0.717) is 5.75 Å². The second-order valence-corrected chi connectivity index (χ2v) is 11.1. The molecule has 1 aliphatic heterocycles. The van der Waals surface area contributed by atoms with E-state index in [9.17, 15) is 32.3 Å². The number of anilines is 1. The van der Waals surface area contributed by atoms with Gasteiger partial charge in [-0.1, -0.05) is 11.8 Å². The number of esters is 3. The van der Waals surface area contributed by atoms with Crippen molar-refractivity contribution in [2.24, 2.45) is 0 Å². The molecule has 4 atom stereocenters. The van der Waals surface area contributed by atoms with Gasteiger partial charge in [-0.25, -0.2) is 15.0 Å². The maximum Gasteiger partial charge on any atom is 0.389 e. The summed E-state index contributed by atoms with van der Waals surface area (Å²) in [6.45, 7) is 4.66. The molecule has 1 aliphatic rings. The minimum atomic E-state index is -4.40. The van der Waals surface area contributed by atoms with Crippen molar-refractivity contribution in [3.63, 3.8) is 0 Å². The van der Waals surface area contributed by atoms with E-state index in [1.807, 2.05) is 6.26 Å². The van der Waals surface area contributed by atoms with Crippen LogP contribution in [0.3, 0.4) is 0 Å². The highest BCUT2D eigenvalue weighted by atomic mass is 32.2. The summed E-state index contributed by atoms with van der Waals surface area (Å²) in [7, 11) is 0. The van der Waals surface area contributed by atoms with Crippen molar-refractivity contribution in [2.45, 2.75) is 70.0 Å². The number of hydrogen-bond acceptors (Lipinski definition) is 13. The van der Waals surface area contributed by atoms with Gasteiger partial charge in [0, 0.05) is 45.7 Å². The second kappa shape index (κ2) is 14.4. The number of carbonyl (C=O) groups excluding carboxylic acids is 4. The van der Waals surface area contributed by atoms with Crippen molar-refractivity contribution >= 4 is 64.3 Å². The summed E-state index contributed by atoms with van der Waals surface area (Å²) in [6, 6.07) is 0. The fourth-order valence-corrected chi connectivity index (χ4v) is 5.27. The number of fused-ring (bicyclic) bond motifs is 1. The van der Waals surface area contributed by atoms with Crippen LogP contribution in [0, 0.1) is 0 Å². The van der Waals surface area contributed by atoms with E-state index in [1.165, 1.54) is 41.4 Å². The number of hydrogen-bond donors (Lipinski definition) is 0. The molecule has 2 aromatic rings. The fourth-order valence-electron chi connectivity index (χ4n) is 4.09. The van der Waals surface area contributed by atoms with Crippen LogP contribution in [0.5, 0.6) is 0 Å². The Labute approximate surface area is 247 Å². The molecule has 0 radical (unpaired) electrons. The minimum absolute atomic E-state index is 0.0572. The largest absolute Gasteiger partial charge is 0.463 e. The Morgan fingerprint density at radius 3 is 2.26 bits per heavy atom. The maximum atomic E-state index is 12.9. The first-order valence-electron chi connectivity index (χ1n) is 12.6. The van der Waals surface area contributed by atoms with E-state index in [4.69, 9.17) is 18.9 Å². The lowest BCUT2D eigenvalue weighted by molar-refractivity contribution is -0.166. The zero-order valence-corrected chi connectivity index (χ0v) is 25.0. The van der Waals surface area contributed by atoms with E-state index in [-0.39, 0.29) is 46.9 Å². The zero-order chi connectivity index (χ0) is 31.2. The van der Waals surface area contributed by atoms with Crippen LogP contribution in [-0.4, -0.2) is 98.7 Å². The summed E-state index contributed by atoms with van der Waals surface area (Å²) in [4.78, 5) is 62.5. The van der Waals surface area contributed by atoms with Crippen LogP contribution in [-0.2, 0) is 38.1 Å².